The number of carbonyl (C=O) groups is 2. The van der Waals surface area contributed by atoms with Crippen LogP contribution in [-0.2, 0) is 9.53 Å². The zero-order chi connectivity index (χ0) is 15.4. The van der Waals surface area contributed by atoms with E-state index in [2.05, 4.69) is 0 Å². The van der Waals surface area contributed by atoms with E-state index in [1.54, 1.807) is 26.8 Å². The Morgan fingerprint density at radius 3 is 2.40 bits per heavy atom. The lowest BCUT2D eigenvalue weighted by atomic mass is 9.99. The fourth-order valence-corrected chi connectivity index (χ4v) is 2.07. The van der Waals surface area contributed by atoms with Crippen molar-refractivity contribution < 1.29 is 19.1 Å². The summed E-state index contributed by atoms with van der Waals surface area (Å²) in [6.07, 6.45) is -0.122. The first kappa shape index (κ1) is 16.5. The minimum absolute atomic E-state index is 0.122. The van der Waals surface area contributed by atoms with Gasteiger partial charge in [-0.05, 0) is 51.8 Å². The maximum atomic E-state index is 12.2. The Hall–Kier alpha value is -1.55. The first-order chi connectivity index (χ1) is 9.29. The van der Waals surface area contributed by atoms with Crippen molar-refractivity contribution in [2.75, 3.05) is 6.61 Å². The van der Waals surface area contributed by atoms with Gasteiger partial charge in [-0.25, -0.2) is 4.79 Å². The summed E-state index contributed by atoms with van der Waals surface area (Å²) in [5.74, 6) is -1.24. The van der Waals surface area contributed by atoms with Crippen LogP contribution in [0.15, 0.2) is 6.07 Å². The van der Waals surface area contributed by atoms with Gasteiger partial charge >= 0.3 is 5.97 Å². The summed E-state index contributed by atoms with van der Waals surface area (Å²) in [5.41, 5.74) is 1.41. The van der Waals surface area contributed by atoms with Crippen LogP contribution in [0.25, 0.3) is 0 Å². The fourth-order valence-electron chi connectivity index (χ4n) is 1.81. The molecule has 1 rings (SSSR count). The predicted octanol–water partition coefficient (Wildman–Crippen LogP) is 3.49. The van der Waals surface area contributed by atoms with Gasteiger partial charge in [0.15, 0.2) is 0 Å². The Kier molecular flexibility index (Phi) is 5.57. The summed E-state index contributed by atoms with van der Waals surface area (Å²) < 4.78 is 10.4. The van der Waals surface area contributed by atoms with E-state index in [1.165, 1.54) is 0 Å². The number of carbonyl (C=O) groups excluding carboxylic acids is 2. The summed E-state index contributed by atoms with van der Waals surface area (Å²) in [6, 6.07) is 1.72. The molecule has 0 N–H and O–H groups in total. The molecule has 0 amide bonds. The Morgan fingerprint density at radius 2 is 1.90 bits per heavy atom. The van der Waals surface area contributed by atoms with Gasteiger partial charge in [0.2, 0.25) is 0 Å². The third-order valence-electron chi connectivity index (χ3n) is 2.70. The highest BCUT2D eigenvalue weighted by molar-refractivity contribution is 6.42. The standard InChI is InChI=1S/C15H19ClO4/c1-6-19-15(18)13(17)12-10(5)11(16)7-9(4)14(12)20-8(2)3/h7-8H,6H2,1-5H3. The molecule has 0 saturated carbocycles. The Morgan fingerprint density at radius 1 is 1.30 bits per heavy atom. The zero-order valence-electron chi connectivity index (χ0n) is 12.4. The van der Waals surface area contributed by atoms with Crippen LogP contribution < -0.4 is 4.74 Å². The van der Waals surface area contributed by atoms with E-state index >= 15 is 0 Å². The molecule has 1 aromatic rings. The van der Waals surface area contributed by atoms with Gasteiger partial charge in [-0.1, -0.05) is 11.6 Å². The van der Waals surface area contributed by atoms with Gasteiger partial charge < -0.3 is 9.47 Å². The normalized spacial score (nSPS) is 10.6. The van der Waals surface area contributed by atoms with Gasteiger partial charge in [0, 0.05) is 5.02 Å². The molecule has 0 aromatic heterocycles. The lowest BCUT2D eigenvalue weighted by Crippen LogP contribution is -2.21. The summed E-state index contributed by atoms with van der Waals surface area (Å²) in [7, 11) is 0. The van der Waals surface area contributed by atoms with Crippen molar-refractivity contribution in [2.24, 2.45) is 0 Å². The van der Waals surface area contributed by atoms with Gasteiger partial charge in [-0.3, -0.25) is 4.79 Å². The van der Waals surface area contributed by atoms with E-state index in [9.17, 15) is 9.59 Å². The topological polar surface area (TPSA) is 52.6 Å². The molecular weight excluding hydrogens is 280 g/mol. The molecule has 110 valence electrons. The smallest absolute Gasteiger partial charge is 0.379 e. The molecule has 0 heterocycles. The number of Topliss-reactive ketones (excluding diaryl/α,β-unsaturated/α-hetero) is 1. The van der Waals surface area contributed by atoms with Crippen LogP contribution in [0, 0.1) is 13.8 Å². The second-order valence-electron chi connectivity index (χ2n) is 4.72. The molecule has 4 nitrogen and oxygen atoms in total. The van der Waals surface area contributed by atoms with Crippen LogP contribution in [0.2, 0.25) is 5.02 Å². The van der Waals surface area contributed by atoms with Crippen molar-refractivity contribution in [3.05, 3.63) is 27.8 Å². The molecule has 0 bridgehead atoms. The van der Waals surface area contributed by atoms with Crippen molar-refractivity contribution in [3.8, 4) is 5.75 Å². The van der Waals surface area contributed by atoms with Crippen LogP contribution in [0.1, 0.15) is 42.3 Å². The van der Waals surface area contributed by atoms with E-state index < -0.39 is 11.8 Å². The van der Waals surface area contributed by atoms with Gasteiger partial charge in [0.05, 0.1) is 18.3 Å². The maximum Gasteiger partial charge on any atom is 0.379 e. The molecule has 0 spiro atoms. The first-order valence-electron chi connectivity index (χ1n) is 6.47. The minimum atomic E-state index is -0.897. The SMILES string of the molecule is CCOC(=O)C(=O)c1c(C)c(Cl)cc(C)c1OC(C)C. The van der Waals surface area contributed by atoms with E-state index in [4.69, 9.17) is 21.1 Å². The highest BCUT2D eigenvalue weighted by atomic mass is 35.5. The number of halogens is 1. The molecular formula is C15H19ClO4. The largest absolute Gasteiger partial charge is 0.490 e. The number of benzene rings is 1. The second-order valence-corrected chi connectivity index (χ2v) is 5.13. The molecule has 1 aromatic carbocycles. The number of aryl methyl sites for hydroxylation is 1. The van der Waals surface area contributed by atoms with Gasteiger partial charge in [-0.2, -0.15) is 0 Å². The van der Waals surface area contributed by atoms with E-state index in [0.29, 0.717) is 21.9 Å². The van der Waals surface area contributed by atoms with Crippen molar-refractivity contribution in [2.45, 2.75) is 40.7 Å². The number of esters is 1. The molecule has 20 heavy (non-hydrogen) atoms. The average Bonchev–Trinajstić information content (AvgIpc) is 2.35. The Balaban J connectivity index is 3.41. The zero-order valence-corrected chi connectivity index (χ0v) is 13.1. The van der Waals surface area contributed by atoms with E-state index in [0.717, 1.165) is 0 Å². The van der Waals surface area contributed by atoms with E-state index in [1.807, 2.05) is 13.8 Å². The summed E-state index contributed by atoms with van der Waals surface area (Å²) in [4.78, 5) is 23.9. The second kappa shape index (κ2) is 6.75. The molecule has 0 aliphatic carbocycles. The van der Waals surface area contributed by atoms with Gasteiger partial charge in [-0.15, -0.1) is 0 Å². The highest BCUT2D eigenvalue weighted by Crippen LogP contribution is 2.33. The fraction of sp³-hybridized carbons (Fsp3) is 0.467. The quantitative estimate of drug-likeness (QED) is 0.474. The van der Waals surface area contributed by atoms with Crippen LogP contribution in [0.3, 0.4) is 0 Å². The molecule has 0 fully saturated rings. The summed E-state index contributed by atoms with van der Waals surface area (Å²) >= 11 is 6.09. The lowest BCUT2D eigenvalue weighted by Gasteiger charge is -2.18. The Labute approximate surface area is 124 Å². The van der Waals surface area contributed by atoms with Crippen molar-refractivity contribution in [1.29, 1.82) is 0 Å². The monoisotopic (exact) mass is 298 g/mol. The molecule has 0 saturated heterocycles. The molecule has 0 aliphatic rings. The molecule has 0 aliphatic heterocycles. The van der Waals surface area contributed by atoms with Gasteiger partial charge in [0.1, 0.15) is 5.75 Å². The maximum absolute atomic E-state index is 12.2. The number of hydrogen-bond donors (Lipinski definition) is 0. The van der Waals surface area contributed by atoms with Crippen LogP contribution in [-0.4, -0.2) is 24.5 Å². The first-order valence-corrected chi connectivity index (χ1v) is 6.85. The molecule has 0 unspecified atom stereocenters. The van der Waals surface area contributed by atoms with E-state index in [-0.39, 0.29) is 18.3 Å². The van der Waals surface area contributed by atoms with Crippen molar-refractivity contribution in [3.63, 3.8) is 0 Å². The van der Waals surface area contributed by atoms with Crippen LogP contribution in [0.4, 0.5) is 0 Å². The minimum Gasteiger partial charge on any atom is -0.490 e. The molecule has 0 atom stereocenters. The number of ether oxygens (including phenoxy) is 2. The summed E-state index contributed by atoms with van der Waals surface area (Å²) in [6.45, 7) is 8.95. The Bertz CT molecular complexity index is 535. The third-order valence-corrected chi connectivity index (χ3v) is 3.10. The summed E-state index contributed by atoms with van der Waals surface area (Å²) in [5, 5.41) is 0.422. The number of ketones is 1. The van der Waals surface area contributed by atoms with Crippen LogP contribution in [0.5, 0.6) is 5.75 Å². The molecule has 0 radical (unpaired) electrons. The number of rotatable bonds is 5. The van der Waals surface area contributed by atoms with Crippen molar-refractivity contribution in [1.82, 2.24) is 0 Å². The third kappa shape index (κ3) is 3.51. The average molecular weight is 299 g/mol. The van der Waals surface area contributed by atoms with Crippen molar-refractivity contribution >= 4 is 23.4 Å². The highest BCUT2D eigenvalue weighted by Gasteiger charge is 2.27. The predicted molar refractivity (Wildman–Crippen MR) is 77.7 cm³/mol. The lowest BCUT2D eigenvalue weighted by molar-refractivity contribution is -0.137. The number of hydrogen-bond acceptors (Lipinski definition) is 4. The van der Waals surface area contributed by atoms with Crippen LogP contribution >= 0.6 is 11.6 Å². The van der Waals surface area contributed by atoms with Gasteiger partial charge in [0.25, 0.3) is 5.78 Å². The molecule has 5 heteroatoms.